The van der Waals surface area contributed by atoms with E-state index in [1.165, 1.54) is 13.2 Å². The molecule has 1 aliphatic carbocycles. The highest BCUT2D eigenvalue weighted by molar-refractivity contribution is 5.79. The van der Waals surface area contributed by atoms with Crippen LogP contribution in [0.2, 0.25) is 0 Å². The van der Waals surface area contributed by atoms with Crippen LogP contribution in [0.5, 0.6) is 23.0 Å². The summed E-state index contributed by atoms with van der Waals surface area (Å²) in [6.07, 6.45) is 1.19. The van der Waals surface area contributed by atoms with E-state index < -0.39 is 12.9 Å². The van der Waals surface area contributed by atoms with Crippen LogP contribution in [0.4, 0.5) is 0 Å². The van der Waals surface area contributed by atoms with Gasteiger partial charge in [-0.15, -0.1) is 0 Å². The van der Waals surface area contributed by atoms with Crippen molar-refractivity contribution in [2.24, 2.45) is 0 Å². The van der Waals surface area contributed by atoms with Crippen LogP contribution in [0.25, 0.3) is 0 Å². The lowest BCUT2D eigenvalue weighted by atomic mass is 9.97. The molecular weight excluding hydrogens is 438 g/mol. The van der Waals surface area contributed by atoms with E-state index in [1.807, 2.05) is 6.07 Å². The molecule has 0 amide bonds. The van der Waals surface area contributed by atoms with Crippen molar-refractivity contribution in [3.8, 4) is 34.8 Å². The fraction of sp³-hybridized carbons (Fsp3) is 0.423. The van der Waals surface area contributed by atoms with Gasteiger partial charge in [-0.1, -0.05) is 24.0 Å². The van der Waals surface area contributed by atoms with Crippen LogP contribution in [0.15, 0.2) is 24.3 Å². The third-order valence-corrected chi connectivity index (χ3v) is 5.59. The van der Waals surface area contributed by atoms with Crippen LogP contribution < -0.4 is 19.5 Å². The first kappa shape index (κ1) is 25.4. The van der Waals surface area contributed by atoms with E-state index in [1.54, 1.807) is 19.2 Å². The summed E-state index contributed by atoms with van der Waals surface area (Å²) in [5.41, 5.74) is 2.93. The summed E-state index contributed by atoms with van der Waals surface area (Å²) in [6.45, 7) is -0.293. The number of fused-ring (bicyclic) bond motifs is 3. The molecule has 3 rings (SSSR count). The lowest BCUT2D eigenvalue weighted by molar-refractivity contribution is -0.121. The quantitative estimate of drug-likeness (QED) is 0.375. The highest BCUT2D eigenvalue weighted by Gasteiger charge is 2.18. The number of nitrogens with one attached hydrogen (secondary N) is 1. The van der Waals surface area contributed by atoms with Gasteiger partial charge in [-0.3, -0.25) is 10.1 Å². The van der Waals surface area contributed by atoms with Crippen molar-refractivity contribution in [1.82, 2.24) is 5.32 Å². The zero-order valence-electron chi connectivity index (χ0n) is 19.5. The van der Waals surface area contributed by atoms with Gasteiger partial charge in [-0.25, -0.2) is 0 Å². The van der Waals surface area contributed by atoms with Crippen molar-refractivity contribution in [1.29, 1.82) is 0 Å². The smallest absolute Gasteiger partial charge is 0.186 e. The maximum atomic E-state index is 12.5. The molecule has 0 aliphatic heterocycles. The van der Waals surface area contributed by atoms with Crippen LogP contribution in [0.3, 0.4) is 0 Å². The monoisotopic (exact) mass is 469 g/mol. The van der Waals surface area contributed by atoms with Gasteiger partial charge in [0, 0.05) is 24.8 Å². The highest BCUT2D eigenvalue weighted by atomic mass is 16.6. The van der Waals surface area contributed by atoms with E-state index in [9.17, 15) is 20.1 Å². The molecule has 0 fully saturated rings. The Balaban J connectivity index is 2.11. The van der Waals surface area contributed by atoms with Crippen molar-refractivity contribution in [2.75, 3.05) is 27.7 Å². The molecular formula is C26H31NO7. The summed E-state index contributed by atoms with van der Waals surface area (Å²) in [5.74, 6) is 7.25. The Hall–Kier alpha value is -3.25. The number of aliphatic hydroxyl groups is 2. The Morgan fingerprint density at radius 1 is 1.12 bits per heavy atom. The molecule has 4 N–H and O–H groups in total. The number of rotatable bonds is 6. The van der Waals surface area contributed by atoms with Crippen LogP contribution in [-0.4, -0.2) is 54.9 Å². The minimum atomic E-state index is -0.770. The van der Waals surface area contributed by atoms with Gasteiger partial charge in [-0.2, -0.15) is 0 Å². The number of phenolic OH excluding ortho intramolecular Hbond substituents is 1. The summed E-state index contributed by atoms with van der Waals surface area (Å²) in [6, 6.07) is 6.96. The number of aryl methyl sites for hydroxylation is 2. The van der Waals surface area contributed by atoms with Gasteiger partial charge in [0.2, 0.25) is 0 Å². The molecule has 0 radical (unpaired) electrons. The number of ketones is 1. The average molecular weight is 470 g/mol. The van der Waals surface area contributed by atoms with Gasteiger partial charge in [0.25, 0.3) is 0 Å². The first-order valence-electron chi connectivity index (χ1n) is 11.2. The second kappa shape index (κ2) is 12.3. The lowest BCUT2D eigenvalue weighted by Gasteiger charge is -2.17. The number of phenols is 1. The SMILES string of the molecule is CNCOc1c2cc(cc1OCO)CCC(O)CC(=O)CCc1ccc(O)c(OC)c1C#CC2. The Morgan fingerprint density at radius 3 is 2.68 bits per heavy atom. The van der Waals surface area contributed by atoms with Gasteiger partial charge < -0.3 is 29.5 Å². The molecule has 8 heteroatoms. The van der Waals surface area contributed by atoms with Crippen LogP contribution in [-0.2, 0) is 24.1 Å². The topological polar surface area (TPSA) is 117 Å². The number of hydrogen-bond donors (Lipinski definition) is 4. The van der Waals surface area contributed by atoms with Crippen molar-refractivity contribution >= 4 is 5.78 Å². The second-order valence-electron chi connectivity index (χ2n) is 8.06. The average Bonchev–Trinajstić information content (AvgIpc) is 2.81. The van der Waals surface area contributed by atoms with Crippen molar-refractivity contribution in [3.05, 3.63) is 46.5 Å². The maximum absolute atomic E-state index is 12.5. The summed E-state index contributed by atoms with van der Waals surface area (Å²) in [7, 11) is 3.21. The number of methoxy groups -OCH3 is 1. The number of ether oxygens (including phenoxy) is 3. The molecule has 0 saturated heterocycles. The number of benzene rings is 2. The molecule has 1 atom stereocenters. The molecule has 0 spiro atoms. The Kier molecular flexibility index (Phi) is 9.16. The summed E-state index contributed by atoms with van der Waals surface area (Å²) in [5, 5.41) is 33.0. The predicted molar refractivity (Wildman–Crippen MR) is 126 cm³/mol. The third-order valence-electron chi connectivity index (χ3n) is 5.59. The zero-order chi connectivity index (χ0) is 24.5. The molecule has 182 valence electrons. The van der Waals surface area contributed by atoms with Gasteiger partial charge >= 0.3 is 0 Å². The molecule has 0 saturated carbocycles. The number of aliphatic hydroxyl groups excluding tert-OH is 2. The summed E-state index contributed by atoms with van der Waals surface area (Å²) < 4.78 is 16.6. The van der Waals surface area contributed by atoms with E-state index in [2.05, 4.69) is 17.2 Å². The van der Waals surface area contributed by atoms with E-state index in [4.69, 9.17) is 14.2 Å². The Morgan fingerprint density at radius 2 is 1.94 bits per heavy atom. The van der Waals surface area contributed by atoms with Gasteiger partial charge in [0.05, 0.1) is 18.8 Å². The highest BCUT2D eigenvalue weighted by Crippen LogP contribution is 2.35. The van der Waals surface area contributed by atoms with Gasteiger partial charge in [0.1, 0.15) is 12.5 Å². The number of aromatic hydroxyl groups is 1. The molecule has 0 aromatic heterocycles. The summed E-state index contributed by atoms with van der Waals surface area (Å²) in [4.78, 5) is 12.5. The molecule has 1 unspecified atom stereocenters. The zero-order valence-corrected chi connectivity index (χ0v) is 19.5. The van der Waals surface area contributed by atoms with Gasteiger partial charge in [-0.05, 0) is 49.6 Å². The molecule has 34 heavy (non-hydrogen) atoms. The first-order chi connectivity index (χ1) is 16.5. The summed E-state index contributed by atoms with van der Waals surface area (Å²) >= 11 is 0. The second-order valence-corrected chi connectivity index (χ2v) is 8.06. The van der Waals surface area contributed by atoms with Crippen molar-refractivity contribution in [2.45, 2.75) is 44.6 Å². The molecule has 2 bridgehead atoms. The minimum Gasteiger partial charge on any atom is -0.504 e. The largest absolute Gasteiger partial charge is 0.504 e. The molecule has 1 aliphatic rings. The van der Waals surface area contributed by atoms with Crippen molar-refractivity contribution in [3.63, 3.8) is 0 Å². The molecule has 2 aromatic rings. The fourth-order valence-corrected chi connectivity index (χ4v) is 3.95. The van der Waals surface area contributed by atoms with Crippen molar-refractivity contribution < 1.29 is 34.3 Å². The van der Waals surface area contributed by atoms with E-state index in [0.29, 0.717) is 42.7 Å². The van der Waals surface area contributed by atoms with E-state index in [0.717, 1.165) is 16.7 Å². The standard InChI is InChI=1S/C26H31NO7/c1-27-15-33-25-19-4-3-5-22-18(8-11-23(31)26(22)32-2)7-10-21(30)14-20(29)9-6-17(12-19)13-24(25)34-16-28/h8,11-13,20,27-29,31H,4,6-7,9-10,14-16H2,1-2H3. The van der Waals surface area contributed by atoms with E-state index >= 15 is 0 Å². The number of carbonyl (C=O) groups is 1. The number of Topliss-reactive ketones (excluding diaryl/α,β-unsaturated/α-hetero) is 1. The Labute approximate surface area is 199 Å². The van der Waals surface area contributed by atoms with Crippen LogP contribution in [0, 0.1) is 11.8 Å². The molecule has 2 aromatic carbocycles. The van der Waals surface area contributed by atoms with Crippen LogP contribution >= 0.6 is 0 Å². The first-order valence-corrected chi connectivity index (χ1v) is 11.2. The fourth-order valence-electron chi connectivity index (χ4n) is 3.95. The van der Waals surface area contributed by atoms with Crippen LogP contribution in [0.1, 0.15) is 41.5 Å². The lowest BCUT2D eigenvalue weighted by Crippen LogP contribution is -2.16. The Bertz CT molecular complexity index is 1070. The predicted octanol–water partition coefficient (Wildman–Crippen LogP) is 2.08. The molecule has 8 nitrogen and oxygen atoms in total. The third kappa shape index (κ3) is 6.41. The number of hydrogen-bond acceptors (Lipinski definition) is 8. The minimum absolute atomic E-state index is 0.0334. The molecule has 0 heterocycles. The maximum Gasteiger partial charge on any atom is 0.186 e. The van der Waals surface area contributed by atoms with Gasteiger partial charge in [0.15, 0.2) is 29.8 Å². The normalized spacial score (nSPS) is 16.4. The van der Waals surface area contributed by atoms with E-state index in [-0.39, 0.29) is 36.9 Å². The number of carbonyl (C=O) groups excluding carboxylic acids is 1.